The van der Waals surface area contributed by atoms with E-state index in [0.717, 1.165) is 16.9 Å². The van der Waals surface area contributed by atoms with Crippen LogP contribution in [0.5, 0.6) is 5.75 Å². The van der Waals surface area contributed by atoms with Gasteiger partial charge in [-0.25, -0.2) is 0 Å². The van der Waals surface area contributed by atoms with E-state index < -0.39 is 5.54 Å². The fourth-order valence-electron chi connectivity index (χ4n) is 1.89. The third-order valence-electron chi connectivity index (χ3n) is 3.10. The van der Waals surface area contributed by atoms with Gasteiger partial charge in [0.2, 0.25) is 0 Å². The van der Waals surface area contributed by atoms with Crippen LogP contribution >= 0.6 is 0 Å². The summed E-state index contributed by atoms with van der Waals surface area (Å²) >= 11 is 0. The topological polar surface area (TPSA) is 44.5 Å². The summed E-state index contributed by atoms with van der Waals surface area (Å²) in [7, 11) is 1.68. The van der Waals surface area contributed by atoms with Gasteiger partial charge in [-0.2, -0.15) is 0 Å². The molecule has 3 heteroatoms. The summed E-state index contributed by atoms with van der Waals surface area (Å²) in [5, 5.41) is 0. The van der Waals surface area contributed by atoms with Gasteiger partial charge in [0, 0.05) is 12.2 Å². The second-order valence-corrected chi connectivity index (χ2v) is 4.64. The predicted octanol–water partition coefficient (Wildman–Crippen LogP) is 2.52. The number of benzene rings is 1. The van der Waals surface area contributed by atoms with Crippen LogP contribution < -0.4 is 10.5 Å². The minimum absolute atomic E-state index is 0.488. The van der Waals surface area contributed by atoms with Crippen LogP contribution in [0.15, 0.2) is 12.1 Å². The highest BCUT2D eigenvalue weighted by molar-refractivity contribution is 5.48. The molecule has 96 valence electrons. The number of aryl methyl sites for hydroxylation is 1. The lowest BCUT2D eigenvalue weighted by molar-refractivity contribution is 0.0996. The van der Waals surface area contributed by atoms with Crippen molar-refractivity contribution in [3.8, 4) is 5.75 Å². The molecule has 0 radical (unpaired) electrons. The molecule has 3 nitrogen and oxygen atoms in total. The standard InChI is InChI=1S/C14H23NO2/c1-6-17-9-14(4,15)12-8-7-10(2)11(3)13(12)16-5/h7-8H,6,9,15H2,1-5H3. The molecule has 1 aromatic carbocycles. The average molecular weight is 237 g/mol. The van der Waals surface area contributed by atoms with E-state index in [1.165, 1.54) is 5.56 Å². The molecule has 1 aromatic rings. The lowest BCUT2D eigenvalue weighted by Crippen LogP contribution is -2.38. The molecule has 0 aliphatic carbocycles. The first-order valence-electron chi connectivity index (χ1n) is 5.95. The SMILES string of the molecule is CCOCC(C)(N)c1ccc(C)c(C)c1OC. The van der Waals surface area contributed by atoms with Crippen molar-refractivity contribution in [3.05, 3.63) is 28.8 Å². The Hall–Kier alpha value is -1.06. The van der Waals surface area contributed by atoms with Crippen molar-refractivity contribution >= 4 is 0 Å². The Balaban J connectivity index is 3.16. The lowest BCUT2D eigenvalue weighted by atomic mass is 9.90. The normalized spacial score (nSPS) is 14.5. The van der Waals surface area contributed by atoms with Crippen molar-refractivity contribution in [2.45, 2.75) is 33.2 Å². The molecular formula is C14H23NO2. The monoisotopic (exact) mass is 237 g/mol. The molecule has 0 saturated carbocycles. The summed E-state index contributed by atoms with van der Waals surface area (Å²) in [5.41, 5.74) is 9.13. The van der Waals surface area contributed by atoms with Crippen LogP contribution in [0.1, 0.15) is 30.5 Å². The summed E-state index contributed by atoms with van der Waals surface area (Å²) < 4.78 is 10.9. The molecule has 1 atom stereocenters. The van der Waals surface area contributed by atoms with Gasteiger partial charge >= 0.3 is 0 Å². The highest BCUT2D eigenvalue weighted by Gasteiger charge is 2.26. The Morgan fingerprint density at radius 2 is 1.94 bits per heavy atom. The molecule has 1 rings (SSSR count). The smallest absolute Gasteiger partial charge is 0.127 e. The largest absolute Gasteiger partial charge is 0.496 e. The quantitative estimate of drug-likeness (QED) is 0.856. The third-order valence-corrected chi connectivity index (χ3v) is 3.10. The number of nitrogens with two attached hydrogens (primary N) is 1. The van der Waals surface area contributed by atoms with Crippen molar-refractivity contribution < 1.29 is 9.47 Å². The first-order valence-corrected chi connectivity index (χ1v) is 5.95. The molecule has 0 amide bonds. The molecule has 0 heterocycles. The van der Waals surface area contributed by atoms with E-state index in [4.69, 9.17) is 15.2 Å². The van der Waals surface area contributed by atoms with Crippen LogP contribution in [0.3, 0.4) is 0 Å². The summed E-state index contributed by atoms with van der Waals surface area (Å²) in [6, 6.07) is 4.10. The highest BCUT2D eigenvalue weighted by Crippen LogP contribution is 2.33. The Labute approximate surface area is 104 Å². The van der Waals surface area contributed by atoms with Gasteiger partial charge in [0.15, 0.2) is 0 Å². The third kappa shape index (κ3) is 2.99. The van der Waals surface area contributed by atoms with Crippen molar-refractivity contribution in [2.24, 2.45) is 5.73 Å². The van der Waals surface area contributed by atoms with Gasteiger partial charge in [0.25, 0.3) is 0 Å². The zero-order valence-corrected chi connectivity index (χ0v) is 11.5. The number of methoxy groups -OCH3 is 1. The molecule has 0 spiro atoms. The number of ether oxygens (including phenoxy) is 2. The lowest BCUT2D eigenvalue weighted by Gasteiger charge is -2.28. The van der Waals surface area contributed by atoms with Gasteiger partial charge in [0.1, 0.15) is 5.75 Å². The van der Waals surface area contributed by atoms with Crippen LogP contribution in [0.4, 0.5) is 0 Å². The van der Waals surface area contributed by atoms with Gasteiger partial charge in [-0.1, -0.05) is 12.1 Å². The number of rotatable bonds is 5. The van der Waals surface area contributed by atoms with Crippen molar-refractivity contribution in [2.75, 3.05) is 20.3 Å². The maximum absolute atomic E-state index is 6.31. The zero-order valence-electron chi connectivity index (χ0n) is 11.5. The second kappa shape index (κ2) is 5.52. The molecule has 1 unspecified atom stereocenters. The molecular weight excluding hydrogens is 214 g/mol. The highest BCUT2D eigenvalue weighted by atomic mass is 16.5. The van der Waals surface area contributed by atoms with Crippen LogP contribution in [0.25, 0.3) is 0 Å². The average Bonchev–Trinajstić information content (AvgIpc) is 2.29. The molecule has 2 N–H and O–H groups in total. The molecule has 17 heavy (non-hydrogen) atoms. The summed E-state index contributed by atoms with van der Waals surface area (Å²) in [4.78, 5) is 0. The summed E-state index contributed by atoms with van der Waals surface area (Å²) in [5.74, 6) is 0.870. The van der Waals surface area contributed by atoms with E-state index in [9.17, 15) is 0 Å². The van der Waals surface area contributed by atoms with E-state index in [1.807, 2.05) is 19.9 Å². The van der Waals surface area contributed by atoms with E-state index in [1.54, 1.807) is 7.11 Å². The fourth-order valence-corrected chi connectivity index (χ4v) is 1.89. The van der Waals surface area contributed by atoms with Gasteiger partial charge in [-0.15, -0.1) is 0 Å². The molecule has 0 saturated heterocycles. The van der Waals surface area contributed by atoms with E-state index >= 15 is 0 Å². The van der Waals surface area contributed by atoms with Crippen LogP contribution in [-0.2, 0) is 10.3 Å². The van der Waals surface area contributed by atoms with E-state index in [0.29, 0.717) is 13.2 Å². The maximum atomic E-state index is 6.31. The van der Waals surface area contributed by atoms with Crippen molar-refractivity contribution in [3.63, 3.8) is 0 Å². The maximum Gasteiger partial charge on any atom is 0.127 e. The Morgan fingerprint density at radius 3 is 2.47 bits per heavy atom. The van der Waals surface area contributed by atoms with Gasteiger partial charge < -0.3 is 15.2 Å². The molecule has 0 bridgehead atoms. The molecule has 0 aliphatic rings. The van der Waals surface area contributed by atoms with Gasteiger partial charge in [0.05, 0.1) is 19.3 Å². The summed E-state index contributed by atoms with van der Waals surface area (Å²) in [6.45, 7) is 9.21. The predicted molar refractivity (Wildman–Crippen MR) is 70.5 cm³/mol. The van der Waals surface area contributed by atoms with Gasteiger partial charge in [-0.05, 0) is 38.8 Å². The Bertz CT molecular complexity index is 386. The van der Waals surface area contributed by atoms with Crippen molar-refractivity contribution in [1.82, 2.24) is 0 Å². The first kappa shape index (κ1) is 14.0. The van der Waals surface area contributed by atoms with Crippen molar-refractivity contribution in [1.29, 1.82) is 0 Å². The fraction of sp³-hybridized carbons (Fsp3) is 0.571. The Kier molecular flexibility index (Phi) is 4.54. The molecule has 0 fully saturated rings. The second-order valence-electron chi connectivity index (χ2n) is 4.64. The first-order chi connectivity index (χ1) is 7.94. The minimum Gasteiger partial charge on any atom is -0.496 e. The number of hydrogen-bond acceptors (Lipinski definition) is 3. The van der Waals surface area contributed by atoms with E-state index in [2.05, 4.69) is 19.9 Å². The van der Waals surface area contributed by atoms with Crippen LogP contribution in [0.2, 0.25) is 0 Å². The minimum atomic E-state index is -0.528. The molecule has 0 aliphatic heterocycles. The van der Waals surface area contributed by atoms with Crippen LogP contribution in [-0.4, -0.2) is 20.3 Å². The summed E-state index contributed by atoms with van der Waals surface area (Å²) in [6.07, 6.45) is 0. The Morgan fingerprint density at radius 1 is 1.29 bits per heavy atom. The molecule has 0 aromatic heterocycles. The zero-order chi connectivity index (χ0) is 13.1. The van der Waals surface area contributed by atoms with E-state index in [-0.39, 0.29) is 0 Å². The number of hydrogen-bond donors (Lipinski definition) is 1. The van der Waals surface area contributed by atoms with Crippen LogP contribution in [0, 0.1) is 13.8 Å². The van der Waals surface area contributed by atoms with Gasteiger partial charge in [-0.3, -0.25) is 0 Å².